The number of nitrogens with two attached hydrogens (primary N) is 1. The Balaban J connectivity index is 2.11. The number of carbonyl (C=O) groups excluding carboxylic acids is 1. The van der Waals surface area contributed by atoms with E-state index in [4.69, 9.17) is 5.84 Å². The standard InChI is InChI=1S/C12H21N5O/c1-16-11(10(8-14-16)12(18)15-13)9-17-6-4-2-3-5-7-17/h8H,2-7,9,13H2,1H3,(H,15,18). The molecule has 6 heteroatoms. The topological polar surface area (TPSA) is 76.2 Å². The first-order chi connectivity index (χ1) is 8.72. The predicted octanol–water partition coefficient (Wildman–Crippen LogP) is 0.400. The van der Waals surface area contributed by atoms with Gasteiger partial charge in [-0.25, -0.2) is 5.84 Å². The summed E-state index contributed by atoms with van der Waals surface area (Å²) < 4.78 is 1.76. The van der Waals surface area contributed by atoms with Crippen LogP contribution in [0, 0.1) is 0 Å². The van der Waals surface area contributed by atoms with Crippen molar-refractivity contribution in [2.24, 2.45) is 12.9 Å². The van der Waals surface area contributed by atoms with Gasteiger partial charge in [0.1, 0.15) is 0 Å². The highest BCUT2D eigenvalue weighted by molar-refractivity contribution is 5.94. The van der Waals surface area contributed by atoms with Crippen LogP contribution in [0.15, 0.2) is 6.20 Å². The zero-order valence-electron chi connectivity index (χ0n) is 10.9. The van der Waals surface area contributed by atoms with Gasteiger partial charge in [-0.3, -0.25) is 19.8 Å². The van der Waals surface area contributed by atoms with Gasteiger partial charge in [-0.1, -0.05) is 12.8 Å². The Labute approximate surface area is 107 Å². The van der Waals surface area contributed by atoms with Crippen molar-refractivity contribution in [3.8, 4) is 0 Å². The van der Waals surface area contributed by atoms with Gasteiger partial charge in [-0.2, -0.15) is 5.10 Å². The summed E-state index contributed by atoms with van der Waals surface area (Å²) in [4.78, 5) is 14.0. The van der Waals surface area contributed by atoms with E-state index in [2.05, 4.69) is 15.4 Å². The molecule has 0 aromatic carbocycles. The van der Waals surface area contributed by atoms with E-state index in [-0.39, 0.29) is 5.91 Å². The van der Waals surface area contributed by atoms with Crippen molar-refractivity contribution in [3.63, 3.8) is 0 Å². The zero-order chi connectivity index (χ0) is 13.0. The van der Waals surface area contributed by atoms with E-state index in [0.29, 0.717) is 5.56 Å². The number of carbonyl (C=O) groups is 1. The van der Waals surface area contributed by atoms with Crippen molar-refractivity contribution in [1.82, 2.24) is 20.1 Å². The molecule has 1 saturated heterocycles. The maximum atomic E-state index is 11.6. The summed E-state index contributed by atoms with van der Waals surface area (Å²) in [5, 5.41) is 4.15. The fourth-order valence-corrected chi connectivity index (χ4v) is 2.42. The third kappa shape index (κ3) is 2.88. The van der Waals surface area contributed by atoms with Gasteiger partial charge in [-0.15, -0.1) is 0 Å². The minimum absolute atomic E-state index is 0.270. The van der Waals surface area contributed by atoms with Gasteiger partial charge in [0.05, 0.1) is 17.5 Å². The van der Waals surface area contributed by atoms with E-state index in [9.17, 15) is 4.79 Å². The minimum atomic E-state index is -0.270. The molecular formula is C12H21N5O. The van der Waals surface area contributed by atoms with Crippen molar-refractivity contribution >= 4 is 5.91 Å². The lowest BCUT2D eigenvalue weighted by atomic mass is 10.2. The Morgan fingerprint density at radius 2 is 2.06 bits per heavy atom. The molecule has 1 aromatic heterocycles. The number of hydrazine groups is 1. The molecule has 0 spiro atoms. The molecule has 0 bridgehead atoms. The SMILES string of the molecule is Cn1ncc(C(=O)NN)c1CN1CCCCCC1. The number of hydrogen-bond acceptors (Lipinski definition) is 4. The molecule has 0 atom stereocenters. The van der Waals surface area contributed by atoms with E-state index < -0.39 is 0 Å². The van der Waals surface area contributed by atoms with Crippen LogP contribution in [0.3, 0.4) is 0 Å². The fourth-order valence-electron chi connectivity index (χ4n) is 2.42. The Morgan fingerprint density at radius 3 is 2.67 bits per heavy atom. The van der Waals surface area contributed by atoms with Crippen LogP contribution in [0.2, 0.25) is 0 Å². The maximum Gasteiger partial charge on any atom is 0.268 e. The van der Waals surface area contributed by atoms with Gasteiger partial charge in [0.25, 0.3) is 5.91 Å². The molecular weight excluding hydrogens is 230 g/mol. The summed E-state index contributed by atoms with van der Waals surface area (Å²) >= 11 is 0. The molecule has 1 aromatic rings. The number of aryl methyl sites for hydroxylation is 1. The monoisotopic (exact) mass is 251 g/mol. The Bertz CT molecular complexity index is 407. The van der Waals surface area contributed by atoms with E-state index in [1.165, 1.54) is 25.7 Å². The lowest BCUT2D eigenvalue weighted by Crippen LogP contribution is -2.32. The summed E-state index contributed by atoms with van der Waals surface area (Å²) in [5.41, 5.74) is 3.68. The van der Waals surface area contributed by atoms with Crippen LogP contribution in [0.5, 0.6) is 0 Å². The summed E-state index contributed by atoms with van der Waals surface area (Å²) in [6, 6.07) is 0. The second kappa shape index (κ2) is 5.97. The maximum absolute atomic E-state index is 11.6. The molecule has 0 unspecified atom stereocenters. The Hall–Kier alpha value is -1.40. The van der Waals surface area contributed by atoms with Crippen molar-refractivity contribution in [1.29, 1.82) is 0 Å². The molecule has 0 radical (unpaired) electrons. The zero-order valence-corrected chi connectivity index (χ0v) is 10.9. The van der Waals surface area contributed by atoms with Crippen molar-refractivity contribution in [2.45, 2.75) is 32.2 Å². The molecule has 2 rings (SSSR count). The number of nitrogens with one attached hydrogen (secondary N) is 1. The van der Waals surface area contributed by atoms with Crippen LogP contribution >= 0.6 is 0 Å². The lowest BCUT2D eigenvalue weighted by molar-refractivity contribution is 0.0951. The first-order valence-electron chi connectivity index (χ1n) is 6.46. The molecule has 0 saturated carbocycles. The van der Waals surface area contributed by atoms with Crippen LogP contribution in [-0.4, -0.2) is 33.7 Å². The van der Waals surface area contributed by atoms with Crippen LogP contribution in [-0.2, 0) is 13.6 Å². The van der Waals surface area contributed by atoms with Crippen LogP contribution < -0.4 is 11.3 Å². The number of hydrogen-bond donors (Lipinski definition) is 2. The molecule has 3 N–H and O–H groups in total. The van der Waals surface area contributed by atoms with Crippen molar-refractivity contribution < 1.29 is 4.79 Å². The normalized spacial score (nSPS) is 17.4. The molecule has 18 heavy (non-hydrogen) atoms. The molecule has 1 fully saturated rings. The third-order valence-corrected chi connectivity index (χ3v) is 3.51. The number of amides is 1. The number of likely N-dealkylation sites (tertiary alicyclic amines) is 1. The molecule has 1 aliphatic rings. The first-order valence-corrected chi connectivity index (χ1v) is 6.46. The van der Waals surface area contributed by atoms with E-state index >= 15 is 0 Å². The second-order valence-electron chi connectivity index (χ2n) is 4.79. The molecule has 6 nitrogen and oxygen atoms in total. The summed E-state index contributed by atoms with van der Waals surface area (Å²) in [6.07, 6.45) is 6.65. The van der Waals surface area contributed by atoms with E-state index in [1.54, 1.807) is 10.9 Å². The fraction of sp³-hybridized carbons (Fsp3) is 0.667. The van der Waals surface area contributed by atoms with Crippen LogP contribution in [0.4, 0.5) is 0 Å². The van der Waals surface area contributed by atoms with Crippen LogP contribution in [0.25, 0.3) is 0 Å². The molecule has 0 aliphatic carbocycles. The van der Waals surface area contributed by atoms with Gasteiger partial charge in [0.2, 0.25) is 0 Å². The number of nitrogen functional groups attached to an aromatic ring is 1. The summed E-state index contributed by atoms with van der Waals surface area (Å²) in [5.74, 6) is 4.92. The number of aromatic nitrogens is 2. The second-order valence-corrected chi connectivity index (χ2v) is 4.79. The first kappa shape index (κ1) is 13.0. The molecule has 2 heterocycles. The van der Waals surface area contributed by atoms with Gasteiger partial charge < -0.3 is 0 Å². The quantitative estimate of drug-likeness (QED) is 0.463. The minimum Gasteiger partial charge on any atom is -0.298 e. The number of rotatable bonds is 3. The highest BCUT2D eigenvalue weighted by Crippen LogP contribution is 2.15. The largest absolute Gasteiger partial charge is 0.298 e. The van der Waals surface area contributed by atoms with Crippen molar-refractivity contribution in [3.05, 3.63) is 17.5 Å². The van der Waals surface area contributed by atoms with E-state index in [1.807, 2.05) is 7.05 Å². The molecule has 100 valence electrons. The highest BCUT2D eigenvalue weighted by Gasteiger charge is 2.18. The highest BCUT2D eigenvalue weighted by atomic mass is 16.2. The molecule has 1 amide bonds. The third-order valence-electron chi connectivity index (χ3n) is 3.51. The Kier molecular flexibility index (Phi) is 4.33. The predicted molar refractivity (Wildman–Crippen MR) is 68.6 cm³/mol. The summed E-state index contributed by atoms with van der Waals surface area (Å²) in [7, 11) is 1.86. The Morgan fingerprint density at radius 1 is 1.39 bits per heavy atom. The summed E-state index contributed by atoms with van der Waals surface area (Å²) in [6.45, 7) is 2.95. The van der Waals surface area contributed by atoms with Crippen LogP contribution in [0.1, 0.15) is 41.7 Å². The van der Waals surface area contributed by atoms with Gasteiger partial charge in [-0.05, 0) is 25.9 Å². The van der Waals surface area contributed by atoms with E-state index in [0.717, 1.165) is 25.3 Å². The smallest absolute Gasteiger partial charge is 0.268 e. The molecule has 1 aliphatic heterocycles. The lowest BCUT2D eigenvalue weighted by Gasteiger charge is -2.20. The van der Waals surface area contributed by atoms with Crippen molar-refractivity contribution in [2.75, 3.05) is 13.1 Å². The average molecular weight is 251 g/mol. The van der Waals surface area contributed by atoms with Gasteiger partial charge in [0, 0.05) is 13.6 Å². The van der Waals surface area contributed by atoms with Gasteiger partial charge >= 0.3 is 0 Å². The van der Waals surface area contributed by atoms with Gasteiger partial charge in [0.15, 0.2) is 0 Å². The number of nitrogens with zero attached hydrogens (tertiary/aromatic N) is 3. The average Bonchev–Trinajstić information content (AvgIpc) is 2.59.